The quantitative estimate of drug-likeness (QED) is 0.632. The molecule has 2 aliphatic rings. The number of amides is 1. The van der Waals surface area contributed by atoms with E-state index >= 15 is 0 Å². The van der Waals surface area contributed by atoms with Gasteiger partial charge in [0.25, 0.3) is 0 Å². The van der Waals surface area contributed by atoms with Crippen molar-refractivity contribution in [1.29, 1.82) is 0 Å². The summed E-state index contributed by atoms with van der Waals surface area (Å²) < 4.78 is 85.4. The van der Waals surface area contributed by atoms with Crippen molar-refractivity contribution in [2.75, 3.05) is 37.6 Å². The number of ether oxygens (including phenoxy) is 1. The van der Waals surface area contributed by atoms with Crippen LogP contribution >= 0.6 is 0 Å². The molecule has 4 rings (SSSR count). The maximum Gasteiger partial charge on any atom is 0.416 e. The fourth-order valence-electron chi connectivity index (χ4n) is 4.17. The first kappa shape index (κ1) is 25.1. The minimum Gasteiger partial charge on any atom is -0.445 e. The number of hydrogen-bond donors (Lipinski definition) is 1. The number of benzene rings is 1. The van der Waals surface area contributed by atoms with Crippen LogP contribution in [0.25, 0.3) is 0 Å². The molecule has 0 aliphatic carbocycles. The number of nitrogens with zero attached hydrogens (tertiary/aromatic N) is 4. The molecule has 0 saturated carbocycles. The average Bonchev–Trinajstić information content (AvgIpc) is 2.96. The average molecular weight is 505 g/mol. The van der Waals surface area contributed by atoms with Crippen molar-refractivity contribution >= 4 is 11.9 Å². The molecule has 1 N–H and O–H groups in total. The third-order valence-electron chi connectivity index (χ3n) is 5.93. The standard InChI is InChI=1S/C22H25F6N5O2/c23-21(24,25)16-9-15(10-17(11-16)22(26,27)28)14-35-20(34)32-6-2-7-33-18(13-32)12-19(30-33)31-5-1-3-29-4-8-31/h9-12,29H,1-8,13-14H2. The Morgan fingerprint density at radius 3 is 2.31 bits per heavy atom. The number of halogens is 6. The van der Waals surface area contributed by atoms with Crippen molar-refractivity contribution in [1.82, 2.24) is 20.0 Å². The second-order valence-corrected chi connectivity index (χ2v) is 8.55. The number of hydrogen-bond acceptors (Lipinski definition) is 5. The predicted molar refractivity (Wildman–Crippen MR) is 114 cm³/mol. The maximum absolute atomic E-state index is 13.1. The zero-order valence-corrected chi connectivity index (χ0v) is 18.8. The fraction of sp³-hybridized carbons (Fsp3) is 0.545. The number of carbonyl (C=O) groups excluding carboxylic acids is 1. The van der Waals surface area contributed by atoms with Crippen LogP contribution in [0, 0.1) is 0 Å². The number of anilines is 1. The van der Waals surface area contributed by atoms with Crippen molar-refractivity contribution in [2.24, 2.45) is 0 Å². The van der Waals surface area contributed by atoms with E-state index in [2.05, 4.69) is 15.3 Å². The van der Waals surface area contributed by atoms with Gasteiger partial charge in [-0.15, -0.1) is 0 Å². The lowest BCUT2D eigenvalue weighted by molar-refractivity contribution is -0.143. The fourth-order valence-corrected chi connectivity index (χ4v) is 4.17. The van der Waals surface area contributed by atoms with E-state index in [0.29, 0.717) is 31.6 Å². The Labute approximate surface area is 197 Å². The van der Waals surface area contributed by atoms with Gasteiger partial charge < -0.3 is 19.9 Å². The summed E-state index contributed by atoms with van der Waals surface area (Å²) >= 11 is 0. The molecule has 2 aliphatic heterocycles. The highest BCUT2D eigenvalue weighted by Gasteiger charge is 2.37. The number of alkyl halides is 6. The summed E-state index contributed by atoms with van der Waals surface area (Å²) in [7, 11) is 0. The Bertz CT molecular complexity index is 1010. The van der Waals surface area contributed by atoms with Gasteiger partial charge in [0, 0.05) is 38.8 Å². The predicted octanol–water partition coefficient (Wildman–Crippen LogP) is 4.26. The van der Waals surface area contributed by atoms with E-state index < -0.39 is 41.7 Å². The first-order valence-corrected chi connectivity index (χ1v) is 11.2. The Hall–Kier alpha value is -2.96. The first-order valence-electron chi connectivity index (χ1n) is 11.2. The number of carbonyl (C=O) groups is 1. The molecular weight excluding hydrogens is 480 g/mol. The van der Waals surface area contributed by atoms with E-state index in [-0.39, 0.29) is 12.6 Å². The molecule has 0 spiro atoms. The van der Waals surface area contributed by atoms with Crippen molar-refractivity contribution < 1.29 is 35.9 Å². The van der Waals surface area contributed by atoms with Crippen LogP contribution in [-0.4, -0.2) is 53.5 Å². The SMILES string of the molecule is O=C(OCc1cc(C(F)(F)F)cc(C(F)(F)F)c1)N1CCCn2nc(N3CCCNCC3)cc2C1. The highest BCUT2D eigenvalue weighted by atomic mass is 19.4. The molecule has 0 unspecified atom stereocenters. The van der Waals surface area contributed by atoms with Gasteiger partial charge >= 0.3 is 18.4 Å². The highest BCUT2D eigenvalue weighted by Crippen LogP contribution is 2.36. The van der Waals surface area contributed by atoms with Crippen LogP contribution in [0.15, 0.2) is 24.3 Å². The van der Waals surface area contributed by atoms with Crippen LogP contribution in [0.1, 0.15) is 35.2 Å². The third-order valence-corrected chi connectivity index (χ3v) is 5.93. The van der Waals surface area contributed by atoms with Crippen LogP contribution in [0.3, 0.4) is 0 Å². The van der Waals surface area contributed by atoms with Gasteiger partial charge in [0.05, 0.1) is 23.4 Å². The van der Waals surface area contributed by atoms with E-state index in [1.807, 2.05) is 10.7 Å². The van der Waals surface area contributed by atoms with E-state index in [9.17, 15) is 31.1 Å². The summed E-state index contributed by atoms with van der Waals surface area (Å²) in [5, 5.41) is 7.97. The smallest absolute Gasteiger partial charge is 0.416 e. The van der Waals surface area contributed by atoms with Gasteiger partial charge in [-0.05, 0) is 43.1 Å². The Morgan fingerprint density at radius 1 is 0.914 bits per heavy atom. The topological polar surface area (TPSA) is 62.6 Å². The zero-order chi connectivity index (χ0) is 25.2. The number of fused-ring (bicyclic) bond motifs is 1. The zero-order valence-electron chi connectivity index (χ0n) is 18.8. The van der Waals surface area contributed by atoms with Crippen molar-refractivity contribution in [3.63, 3.8) is 0 Å². The van der Waals surface area contributed by atoms with Crippen LogP contribution < -0.4 is 10.2 Å². The van der Waals surface area contributed by atoms with E-state index in [1.54, 1.807) is 0 Å². The molecule has 192 valence electrons. The lowest BCUT2D eigenvalue weighted by atomic mass is 10.1. The van der Waals surface area contributed by atoms with Crippen LogP contribution in [0.5, 0.6) is 0 Å². The summed E-state index contributed by atoms with van der Waals surface area (Å²) in [6.45, 7) is 3.79. The normalized spacial score (nSPS) is 17.5. The minimum atomic E-state index is -4.97. The minimum absolute atomic E-state index is 0.0409. The van der Waals surface area contributed by atoms with Gasteiger partial charge in [0.15, 0.2) is 5.82 Å². The highest BCUT2D eigenvalue weighted by molar-refractivity contribution is 5.67. The summed E-state index contributed by atoms with van der Waals surface area (Å²) in [6.07, 6.45) is -9.20. The van der Waals surface area contributed by atoms with E-state index in [1.165, 1.54) is 4.90 Å². The van der Waals surface area contributed by atoms with Gasteiger partial charge in [-0.25, -0.2) is 4.79 Å². The van der Waals surface area contributed by atoms with Crippen LogP contribution in [0.4, 0.5) is 37.0 Å². The lowest BCUT2D eigenvalue weighted by Gasteiger charge is -2.21. The molecule has 7 nitrogen and oxygen atoms in total. The Kier molecular flexibility index (Phi) is 7.15. The lowest BCUT2D eigenvalue weighted by Crippen LogP contribution is -2.31. The monoisotopic (exact) mass is 505 g/mol. The second-order valence-electron chi connectivity index (χ2n) is 8.55. The van der Waals surface area contributed by atoms with E-state index in [0.717, 1.165) is 44.1 Å². The third kappa shape index (κ3) is 6.19. The second kappa shape index (κ2) is 9.96. The molecule has 35 heavy (non-hydrogen) atoms. The van der Waals surface area contributed by atoms with Gasteiger partial charge in [-0.3, -0.25) is 4.68 Å². The largest absolute Gasteiger partial charge is 0.445 e. The number of nitrogens with one attached hydrogen (secondary N) is 1. The molecular formula is C22H25F6N5O2. The Balaban J connectivity index is 1.44. The molecule has 3 heterocycles. The molecule has 1 aromatic heterocycles. The maximum atomic E-state index is 13.1. The molecule has 2 aromatic rings. The summed E-state index contributed by atoms with van der Waals surface area (Å²) in [5.41, 5.74) is -2.51. The molecule has 0 bridgehead atoms. The van der Waals surface area contributed by atoms with Gasteiger partial charge in [-0.1, -0.05) is 0 Å². The number of aryl methyl sites for hydroxylation is 1. The molecule has 0 radical (unpaired) electrons. The number of aromatic nitrogens is 2. The molecule has 1 aromatic carbocycles. The molecule has 0 atom stereocenters. The van der Waals surface area contributed by atoms with Crippen LogP contribution in [0.2, 0.25) is 0 Å². The number of rotatable bonds is 3. The van der Waals surface area contributed by atoms with E-state index in [4.69, 9.17) is 4.74 Å². The van der Waals surface area contributed by atoms with Crippen molar-refractivity contribution in [2.45, 2.75) is 44.9 Å². The molecule has 1 amide bonds. The molecule has 1 saturated heterocycles. The summed E-state index contributed by atoms with van der Waals surface area (Å²) in [6, 6.07) is 3.06. The van der Waals surface area contributed by atoms with Crippen molar-refractivity contribution in [3.05, 3.63) is 46.6 Å². The van der Waals surface area contributed by atoms with Crippen molar-refractivity contribution in [3.8, 4) is 0 Å². The first-order chi connectivity index (χ1) is 16.5. The summed E-state index contributed by atoms with van der Waals surface area (Å²) in [5.74, 6) is 0.808. The van der Waals surface area contributed by atoms with Gasteiger partial charge in [-0.2, -0.15) is 31.4 Å². The van der Waals surface area contributed by atoms with Gasteiger partial charge in [0.1, 0.15) is 6.61 Å². The summed E-state index contributed by atoms with van der Waals surface area (Å²) in [4.78, 5) is 16.2. The van der Waals surface area contributed by atoms with Gasteiger partial charge in [0.2, 0.25) is 0 Å². The molecule has 13 heteroatoms. The molecule has 1 fully saturated rings. The Morgan fingerprint density at radius 2 is 1.63 bits per heavy atom. The van der Waals surface area contributed by atoms with Crippen LogP contribution in [-0.2, 0) is 36.8 Å².